The summed E-state index contributed by atoms with van der Waals surface area (Å²) in [6.07, 6.45) is -0.891. The van der Waals surface area contributed by atoms with Gasteiger partial charge in [-0.05, 0) is 24.3 Å². The average molecular weight is 355 g/mol. The van der Waals surface area contributed by atoms with Crippen molar-refractivity contribution in [2.75, 3.05) is 19.0 Å². The van der Waals surface area contributed by atoms with E-state index in [-0.39, 0.29) is 6.54 Å². The normalized spacial score (nSPS) is 11.7. The summed E-state index contributed by atoms with van der Waals surface area (Å²) in [5, 5.41) is 16.1. The van der Waals surface area contributed by atoms with Crippen LogP contribution < -0.4 is 15.4 Å². The molecule has 3 N–H and O–H groups in total. The number of carbonyl (C=O) groups excluding carboxylic acids is 1. The molecule has 7 heteroatoms. The van der Waals surface area contributed by atoms with Crippen LogP contribution in [-0.2, 0) is 0 Å². The molecule has 0 saturated heterocycles. The van der Waals surface area contributed by atoms with Crippen LogP contribution in [0.15, 0.2) is 42.5 Å². The Hall–Kier alpha value is -1.95. The summed E-state index contributed by atoms with van der Waals surface area (Å²) >= 11 is 11.8. The molecule has 0 aliphatic carbocycles. The van der Waals surface area contributed by atoms with E-state index in [1.54, 1.807) is 36.4 Å². The summed E-state index contributed by atoms with van der Waals surface area (Å²) in [5.41, 5.74) is 1.03. The van der Waals surface area contributed by atoms with Crippen molar-refractivity contribution in [3.05, 3.63) is 58.1 Å². The second kappa shape index (κ2) is 8.06. The fraction of sp³-hybridized carbons (Fsp3) is 0.188. The van der Waals surface area contributed by atoms with Crippen molar-refractivity contribution in [2.45, 2.75) is 6.10 Å². The second-order valence-corrected chi connectivity index (χ2v) is 5.56. The Morgan fingerprint density at radius 1 is 1.26 bits per heavy atom. The Morgan fingerprint density at radius 2 is 2.00 bits per heavy atom. The number of amides is 2. The minimum Gasteiger partial charge on any atom is -0.496 e. The van der Waals surface area contributed by atoms with E-state index in [0.29, 0.717) is 27.0 Å². The summed E-state index contributed by atoms with van der Waals surface area (Å²) in [7, 11) is 1.52. The van der Waals surface area contributed by atoms with Crippen LogP contribution in [0, 0.1) is 0 Å². The Kier molecular flexibility index (Phi) is 6.10. The van der Waals surface area contributed by atoms with Crippen molar-refractivity contribution < 1.29 is 14.6 Å². The number of rotatable bonds is 5. The SMILES string of the molecule is COc1ccccc1C(O)CNC(=O)Nc1ccc(Cl)cc1Cl. The van der Waals surface area contributed by atoms with Gasteiger partial charge in [0, 0.05) is 17.1 Å². The number of methoxy groups -OCH3 is 1. The van der Waals surface area contributed by atoms with Crippen LogP contribution in [0.1, 0.15) is 11.7 Å². The fourth-order valence-electron chi connectivity index (χ4n) is 2.00. The van der Waals surface area contributed by atoms with Gasteiger partial charge in [0.05, 0.1) is 23.9 Å². The topological polar surface area (TPSA) is 70.6 Å². The Labute approximate surface area is 144 Å². The van der Waals surface area contributed by atoms with E-state index in [4.69, 9.17) is 27.9 Å². The largest absolute Gasteiger partial charge is 0.496 e. The van der Waals surface area contributed by atoms with Crippen LogP contribution in [0.3, 0.4) is 0 Å². The first-order valence-electron chi connectivity index (χ1n) is 6.82. The van der Waals surface area contributed by atoms with Crippen LogP contribution in [0.5, 0.6) is 5.75 Å². The lowest BCUT2D eigenvalue weighted by Crippen LogP contribution is -2.32. The highest BCUT2D eigenvalue weighted by Gasteiger charge is 2.14. The number of anilines is 1. The van der Waals surface area contributed by atoms with Crippen LogP contribution >= 0.6 is 23.2 Å². The Bertz CT molecular complexity index is 695. The van der Waals surface area contributed by atoms with E-state index in [9.17, 15) is 9.90 Å². The molecule has 0 aliphatic rings. The Balaban J connectivity index is 1.93. The van der Waals surface area contributed by atoms with E-state index in [1.807, 2.05) is 0 Å². The molecule has 0 heterocycles. The number of benzene rings is 2. The summed E-state index contributed by atoms with van der Waals surface area (Å²) < 4.78 is 5.18. The maximum atomic E-state index is 11.9. The van der Waals surface area contributed by atoms with Gasteiger partial charge in [-0.15, -0.1) is 0 Å². The van der Waals surface area contributed by atoms with E-state index in [2.05, 4.69) is 10.6 Å². The lowest BCUT2D eigenvalue weighted by molar-refractivity contribution is 0.171. The molecule has 5 nitrogen and oxygen atoms in total. The van der Waals surface area contributed by atoms with Crippen molar-refractivity contribution in [3.8, 4) is 5.75 Å². The van der Waals surface area contributed by atoms with Crippen LogP contribution in [0.2, 0.25) is 10.0 Å². The first-order chi connectivity index (χ1) is 11.0. The molecule has 0 aromatic heterocycles. The third-order valence-corrected chi connectivity index (χ3v) is 3.68. The Morgan fingerprint density at radius 3 is 2.70 bits per heavy atom. The van der Waals surface area contributed by atoms with Crippen LogP contribution in [0.25, 0.3) is 0 Å². The molecule has 0 saturated carbocycles. The van der Waals surface area contributed by atoms with Crippen molar-refractivity contribution in [1.29, 1.82) is 0 Å². The lowest BCUT2D eigenvalue weighted by atomic mass is 10.1. The molecule has 0 bridgehead atoms. The number of halogens is 2. The number of carbonyl (C=O) groups is 1. The van der Waals surface area contributed by atoms with Gasteiger partial charge in [-0.2, -0.15) is 0 Å². The van der Waals surface area contributed by atoms with Crippen LogP contribution in [-0.4, -0.2) is 24.8 Å². The predicted octanol–water partition coefficient (Wildman–Crippen LogP) is 3.86. The molecule has 2 aromatic rings. The molecule has 2 aromatic carbocycles. The van der Waals surface area contributed by atoms with Crippen molar-refractivity contribution in [3.63, 3.8) is 0 Å². The van der Waals surface area contributed by atoms with Gasteiger partial charge in [0.25, 0.3) is 0 Å². The summed E-state index contributed by atoms with van der Waals surface area (Å²) in [6.45, 7) is 0.0252. The van der Waals surface area contributed by atoms with Gasteiger partial charge in [0.15, 0.2) is 0 Å². The molecule has 122 valence electrons. The number of urea groups is 1. The molecule has 0 aliphatic heterocycles. The minimum absolute atomic E-state index is 0.0252. The van der Waals surface area contributed by atoms with Gasteiger partial charge in [0.1, 0.15) is 5.75 Å². The fourth-order valence-corrected chi connectivity index (χ4v) is 2.45. The zero-order valence-corrected chi connectivity index (χ0v) is 13.9. The van der Waals surface area contributed by atoms with Gasteiger partial charge in [-0.25, -0.2) is 4.79 Å². The van der Waals surface area contributed by atoms with Crippen molar-refractivity contribution in [1.82, 2.24) is 5.32 Å². The van der Waals surface area contributed by atoms with Crippen molar-refractivity contribution in [2.24, 2.45) is 0 Å². The number of aliphatic hydroxyl groups excluding tert-OH is 1. The molecule has 1 unspecified atom stereocenters. The number of aliphatic hydroxyl groups is 1. The third kappa shape index (κ3) is 4.76. The summed E-state index contributed by atoms with van der Waals surface area (Å²) in [4.78, 5) is 11.9. The molecule has 0 fully saturated rings. The third-order valence-electron chi connectivity index (χ3n) is 3.13. The van der Waals surface area contributed by atoms with Crippen LogP contribution in [0.4, 0.5) is 10.5 Å². The predicted molar refractivity (Wildman–Crippen MR) is 91.4 cm³/mol. The number of para-hydroxylation sites is 1. The molecule has 0 radical (unpaired) electrons. The van der Waals surface area contributed by atoms with Gasteiger partial charge in [-0.1, -0.05) is 41.4 Å². The number of nitrogens with one attached hydrogen (secondary N) is 2. The van der Waals surface area contributed by atoms with E-state index in [0.717, 1.165) is 0 Å². The first kappa shape index (κ1) is 17.4. The monoisotopic (exact) mass is 354 g/mol. The molecule has 1 atom stereocenters. The molecule has 23 heavy (non-hydrogen) atoms. The molecule has 2 amide bonds. The highest BCUT2D eigenvalue weighted by atomic mass is 35.5. The maximum absolute atomic E-state index is 11.9. The zero-order chi connectivity index (χ0) is 16.8. The standard InChI is InChI=1S/C16H16Cl2N2O3/c1-23-15-5-3-2-4-11(15)14(21)9-19-16(22)20-13-7-6-10(17)8-12(13)18/h2-8,14,21H,9H2,1H3,(H2,19,20,22). The van der Waals surface area contributed by atoms with Gasteiger partial charge >= 0.3 is 6.03 Å². The molecular weight excluding hydrogens is 339 g/mol. The highest BCUT2D eigenvalue weighted by Crippen LogP contribution is 2.26. The molecule has 0 spiro atoms. The van der Waals surface area contributed by atoms with Gasteiger partial charge in [-0.3, -0.25) is 0 Å². The summed E-state index contributed by atoms with van der Waals surface area (Å²) in [5.74, 6) is 0.558. The number of ether oxygens (including phenoxy) is 1. The molecular formula is C16H16Cl2N2O3. The van der Waals surface area contributed by atoms with E-state index in [1.165, 1.54) is 13.2 Å². The molecule has 2 rings (SSSR count). The lowest BCUT2D eigenvalue weighted by Gasteiger charge is -2.16. The second-order valence-electron chi connectivity index (χ2n) is 4.72. The number of hydrogen-bond acceptors (Lipinski definition) is 3. The van der Waals surface area contributed by atoms with Gasteiger partial charge < -0.3 is 20.5 Å². The number of hydrogen-bond donors (Lipinski definition) is 3. The zero-order valence-electron chi connectivity index (χ0n) is 12.3. The summed E-state index contributed by atoms with van der Waals surface area (Å²) in [6, 6.07) is 11.3. The smallest absolute Gasteiger partial charge is 0.319 e. The van der Waals surface area contributed by atoms with E-state index < -0.39 is 12.1 Å². The maximum Gasteiger partial charge on any atom is 0.319 e. The van der Waals surface area contributed by atoms with Crippen molar-refractivity contribution >= 4 is 34.9 Å². The van der Waals surface area contributed by atoms with E-state index >= 15 is 0 Å². The quantitative estimate of drug-likeness (QED) is 0.763. The van der Waals surface area contributed by atoms with Gasteiger partial charge in [0.2, 0.25) is 0 Å². The minimum atomic E-state index is -0.891. The highest BCUT2D eigenvalue weighted by molar-refractivity contribution is 6.36. The first-order valence-corrected chi connectivity index (χ1v) is 7.57. The average Bonchev–Trinajstić information content (AvgIpc) is 2.55.